The molecule has 0 spiro atoms. The Morgan fingerprint density at radius 1 is 1.24 bits per heavy atom. The molecule has 0 saturated heterocycles. The average molecular weight is 303 g/mol. The summed E-state index contributed by atoms with van der Waals surface area (Å²) in [6.07, 6.45) is 5.31. The van der Waals surface area contributed by atoms with Crippen molar-refractivity contribution in [3.63, 3.8) is 0 Å². The van der Waals surface area contributed by atoms with Crippen LogP contribution in [-0.4, -0.2) is 23.3 Å². The minimum Gasteiger partial charge on any atom is -0.352 e. The molecule has 0 bridgehead atoms. The van der Waals surface area contributed by atoms with Gasteiger partial charge in [-0.2, -0.15) is 0 Å². The van der Waals surface area contributed by atoms with Gasteiger partial charge in [0.15, 0.2) is 0 Å². The summed E-state index contributed by atoms with van der Waals surface area (Å²) in [5.74, 6) is 1.73. The zero-order valence-corrected chi connectivity index (χ0v) is 12.6. The Kier molecular flexibility index (Phi) is 4.39. The fraction of sp³-hybridized carbons (Fsp3) is 0.412. The molecule has 3 nitrogen and oxygen atoms in total. The topological polar surface area (TPSA) is 42.0 Å². The van der Waals surface area contributed by atoms with Crippen LogP contribution >= 0.6 is 11.6 Å². The highest BCUT2D eigenvalue weighted by Crippen LogP contribution is 2.32. The third kappa shape index (κ3) is 3.03. The number of nitrogens with zero attached hydrogens (tertiary/aromatic N) is 1. The maximum atomic E-state index is 12.4. The van der Waals surface area contributed by atoms with Gasteiger partial charge in [0.05, 0.1) is 5.52 Å². The molecule has 1 aliphatic carbocycles. The van der Waals surface area contributed by atoms with E-state index in [1.807, 2.05) is 30.3 Å². The zero-order valence-electron chi connectivity index (χ0n) is 11.9. The molecule has 1 amide bonds. The Labute approximate surface area is 129 Å². The number of hydrogen-bond donors (Lipinski definition) is 1. The van der Waals surface area contributed by atoms with Crippen molar-refractivity contribution < 1.29 is 4.79 Å². The van der Waals surface area contributed by atoms with Crippen LogP contribution in [0.3, 0.4) is 0 Å². The first-order valence-corrected chi connectivity index (χ1v) is 8.01. The molecular weight excluding hydrogens is 284 g/mol. The Bertz CT molecular complexity index is 638. The number of benzene rings is 1. The van der Waals surface area contributed by atoms with Crippen LogP contribution in [0.4, 0.5) is 0 Å². The molecule has 21 heavy (non-hydrogen) atoms. The van der Waals surface area contributed by atoms with Crippen molar-refractivity contribution in [1.82, 2.24) is 10.3 Å². The molecule has 2 atom stereocenters. The summed E-state index contributed by atoms with van der Waals surface area (Å²) in [6.45, 7) is 0.715. The molecule has 1 fully saturated rings. The number of carbonyl (C=O) groups excluding carboxylic acids is 1. The van der Waals surface area contributed by atoms with Gasteiger partial charge in [0.2, 0.25) is 0 Å². The first-order chi connectivity index (χ1) is 10.3. The summed E-state index contributed by atoms with van der Waals surface area (Å²) < 4.78 is 0. The number of nitrogens with one attached hydrogen (secondary N) is 1. The van der Waals surface area contributed by atoms with Gasteiger partial charge < -0.3 is 5.32 Å². The number of carbonyl (C=O) groups is 1. The number of hydrogen-bond acceptors (Lipinski definition) is 2. The number of fused-ring (bicyclic) bond motifs is 1. The highest BCUT2D eigenvalue weighted by atomic mass is 35.5. The summed E-state index contributed by atoms with van der Waals surface area (Å²) in [4.78, 5) is 16.7. The number of alkyl halides is 1. The molecule has 110 valence electrons. The molecule has 3 rings (SSSR count). The summed E-state index contributed by atoms with van der Waals surface area (Å²) in [7, 11) is 0. The molecular formula is C17H19ClN2O. The van der Waals surface area contributed by atoms with Crippen LogP contribution in [0.1, 0.15) is 29.6 Å². The number of amides is 1. The van der Waals surface area contributed by atoms with Crippen molar-refractivity contribution in [3.05, 3.63) is 42.1 Å². The van der Waals surface area contributed by atoms with Gasteiger partial charge in [-0.15, -0.1) is 11.6 Å². The Hall–Kier alpha value is -1.61. The maximum absolute atomic E-state index is 12.4. The van der Waals surface area contributed by atoms with Gasteiger partial charge in [-0.05, 0) is 42.9 Å². The van der Waals surface area contributed by atoms with Gasteiger partial charge in [0.25, 0.3) is 5.91 Å². The van der Waals surface area contributed by atoms with Gasteiger partial charge in [0.1, 0.15) is 0 Å². The number of halogens is 1. The van der Waals surface area contributed by atoms with Gasteiger partial charge in [-0.1, -0.05) is 18.6 Å². The van der Waals surface area contributed by atoms with Crippen LogP contribution < -0.4 is 5.32 Å². The lowest BCUT2D eigenvalue weighted by Crippen LogP contribution is -2.31. The monoisotopic (exact) mass is 302 g/mol. The molecule has 4 heteroatoms. The predicted octanol–water partition coefficient (Wildman–Crippen LogP) is 3.62. The number of rotatable bonds is 4. The quantitative estimate of drug-likeness (QED) is 0.877. The average Bonchev–Trinajstić information content (AvgIpc) is 2.99. The highest BCUT2D eigenvalue weighted by Gasteiger charge is 2.26. The first kappa shape index (κ1) is 14.3. The lowest BCUT2D eigenvalue weighted by Gasteiger charge is -2.18. The van der Waals surface area contributed by atoms with Crippen LogP contribution in [0.5, 0.6) is 0 Å². The van der Waals surface area contributed by atoms with Crippen LogP contribution in [0.15, 0.2) is 36.5 Å². The van der Waals surface area contributed by atoms with Crippen LogP contribution in [0.25, 0.3) is 10.9 Å². The van der Waals surface area contributed by atoms with E-state index >= 15 is 0 Å². The van der Waals surface area contributed by atoms with Crippen LogP contribution in [-0.2, 0) is 0 Å². The summed E-state index contributed by atoms with van der Waals surface area (Å²) in [5, 5.41) is 3.97. The normalized spacial score (nSPS) is 21.6. The summed E-state index contributed by atoms with van der Waals surface area (Å²) in [5.41, 5.74) is 1.55. The number of aromatic nitrogens is 1. The van der Waals surface area contributed by atoms with E-state index in [0.29, 0.717) is 29.8 Å². The number of pyridine rings is 1. The van der Waals surface area contributed by atoms with E-state index in [4.69, 9.17) is 11.6 Å². The summed E-state index contributed by atoms with van der Waals surface area (Å²) in [6, 6.07) is 9.45. The van der Waals surface area contributed by atoms with Crippen LogP contribution in [0, 0.1) is 11.8 Å². The maximum Gasteiger partial charge on any atom is 0.251 e. The van der Waals surface area contributed by atoms with Crippen molar-refractivity contribution in [2.75, 3.05) is 12.4 Å². The standard InChI is InChI=1S/C17H19ClN2O/c18-10-12-4-1-5-13(12)11-20-17(21)15-6-2-8-16-14(15)7-3-9-19-16/h2-3,6-9,12-13H,1,4-5,10-11H2,(H,20,21). The van der Waals surface area contributed by atoms with Crippen molar-refractivity contribution in [2.24, 2.45) is 11.8 Å². The molecule has 1 N–H and O–H groups in total. The largest absolute Gasteiger partial charge is 0.352 e. The van der Waals surface area contributed by atoms with E-state index in [1.165, 1.54) is 12.8 Å². The smallest absolute Gasteiger partial charge is 0.251 e. The molecule has 0 aliphatic heterocycles. The molecule has 1 saturated carbocycles. The molecule has 1 heterocycles. The summed E-state index contributed by atoms with van der Waals surface area (Å²) >= 11 is 5.99. The van der Waals surface area contributed by atoms with E-state index in [1.54, 1.807) is 6.20 Å². The Morgan fingerprint density at radius 3 is 2.95 bits per heavy atom. The third-order valence-electron chi connectivity index (χ3n) is 4.43. The van der Waals surface area contributed by atoms with Crippen molar-refractivity contribution in [3.8, 4) is 0 Å². The second-order valence-electron chi connectivity index (χ2n) is 5.69. The third-order valence-corrected chi connectivity index (χ3v) is 4.83. The molecule has 1 aromatic carbocycles. The fourth-order valence-electron chi connectivity index (χ4n) is 3.21. The van der Waals surface area contributed by atoms with Crippen molar-refractivity contribution in [1.29, 1.82) is 0 Å². The van der Waals surface area contributed by atoms with E-state index < -0.39 is 0 Å². The molecule has 2 aromatic rings. The minimum absolute atomic E-state index is 0.0196. The van der Waals surface area contributed by atoms with Crippen LogP contribution in [0.2, 0.25) is 0 Å². The van der Waals surface area contributed by atoms with E-state index in [2.05, 4.69) is 10.3 Å². The lowest BCUT2D eigenvalue weighted by molar-refractivity contribution is 0.0946. The highest BCUT2D eigenvalue weighted by molar-refractivity contribution is 6.18. The fourth-order valence-corrected chi connectivity index (χ4v) is 3.61. The van der Waals surface area contributed by atoms with E-state index in [0.717, 1.165) is 17.3 Å². The SMILES string of the molecule is O=C(NCC1CCCC1CCl)c1cccc2ncccc12. The predicted molar refractivity (Wildman–Crippen MR) is 85.6 cm³/mol. The van der Waals surface area contributed by atoms with Gasteiger partial charge >= 0.3 is 0 Å². The van der Waals surface area contributed by atoms with E-state index in [-0.39, 0.29) is 5.91 Å². The van der Waals surface area contributed by atoms with Gasteiger partial charge in [0, 0.05) is 29.6 Å². The van der Waals surface area contributed by atoms with Crippen molar-refractivity contribution in [2.45, 2.75) is 19.3 Å². The Morgan fingerprint density at radius 2 is 2.10 bits per heavy atom. The molecule has 1 aliphatic rings. The van der Waals surface area contributed by atoms with E-state index in [9.17, 15) is 4.79 Å². The van der Waals surface area contributed by atoms with Gasteiger partial charge in [-0.25, -0.2) is 0 Å². The molecule has 1 aromatic heterocycles. The second kappa shape index (κ2) is 6.44. The minimum atomic E-state index is -0.0196. The first-order valence-electron chi connectivity index (χ1n) is 7.47. The second-order valence-corrected chi connectivity index (χ2v) is 6.00. The molecule has 2 unspecified atom stereocenters. The van der Waals surface area contributed by atoms with Crippen molar-refractivity contribution >= 4 is 28.4 Å². The molecule has 0 radical (unpaired) electrons. The lowest BCUT2D eigenvalue weighted by atomic mass is 9.98. The van der Waals surface area contributed by atoms with Gasteiger partial charge in [-0.3, -0.25) is 9.78 Å². The zero-order chi connectivity index (χ0) is 14.7. The Balaban J connectivity index is 1.72.